The van der Waals surface area contributed by atoms with Crippen molar-refractivity contribution in [3.8, 4) is 0 Å². The number of carbonyl (C=O) groups is 4. The molecular weight excluding hydrogens is 1350 g/mol. The van der Waals surface area contributed by atoms with Gasteiger partial charge in [-0.05, 0) is 135 Å². The molecule has 0 aromatic heterocycles. The molecule has 0 radical (unpaired) electrons. The van der Waals surface area contributed by atoms with E-state index >= 15 is 0 Å². The average Bonchev–Trinajstić information content (AvgIpc) is 0.931. The zero-order valence-electron chi connectivity index (χ0n) is 64.4. The minimum Gasteiger partial charge on any atom is -0.462 e. The van der Waals surface area contributed by atoms with Gasteiger partial charge >= 0.3 is 39.5 Å². The monoisotopic (exact) mass is 1490 g/mol. The molecule has 0 rings (SSSR count). The van der Waals surface area contributed by atoms with Crippen LogP contribution in [0.5, 0.6) is 0 Å². The van der Waals surface area contributed by atoms with E-state index in [1.807, 2.05) is 30.4 Å². The molecule has 0 aromatic rings. The Labute approximate surface area is 629 Å². The Kier molecular flexibility index (Phi) is 71.6. The molecule has 17 nitrogen and oxygen atoms in total. The van der Waals surface area contributed by atoms with Crippen LogP contribution in [0.1, 0.15) is 285 Å². The molecule has 3 N–H and O–H groups in total. The van der Waals surface area contributed by atoms with E-state index in [2.05, 4.69) is 167 Å². The predicted molar refractivity (Wildman–Crippen MR) is 426 cm³/mol. The van der Waals surface area contributed by atoms with E-state index in [0.29, 0.717) is 38.5 Å². The summed E-state index contributed by atoms with van der Waals surface area (Å²) < 4.78 is 68.4. The Bertz CT molecular complexity index is 2640. The van der Waals surface area contributed by atoms with Crippen LogP contribution in [-0.2, 0) is 65.4 Å². The second kappa shape index (κ2) is 75.6. The molecule has 5 atom stereocenters. The number of unbranched alkanes of at least 4 members (excludes halogenated alkanes) is 18. The Morgan fingerprint density at radius 3 is 0.856 bits per heavy atom. The second-order valence-corrected chi connectivity index (χ2v) is 28.4. The smallest absolute Gasteiger partial charge is 0.462 e. The molecule has 0 amide bonds. The summed E-state index contributed by atoms with van der Waals surface area (Å²) in [5, 5.41) is 10.6. The normalized spacial score (nSPS) is 14.8. The summed E-state index contributed by atoms with van der Waals surface area (Å²) in [7, 11) is -10.0. The zero-order valence-corrected chi connectivity index (χ0v) is 66.2. The molecule has 0 fully saturated rings. The molecule has 0 spiro atoms. The minimum absolute atomic E-state index is 0.0274. The van der Waals surface area contributed by atoms with Crippen molar-refractivity contribution in [1.29, 1.82) is 0 Å². The number of aliphatic hydroxyl groups is 1. The van der Waals surface area contributed by atoms with Crippen molar-refractivity contribution in [1.82, 2.24) is 0 Å². The Morgan fingerprint density at radius 2 is 0.529 bits per heavy atom. The van der Waals surface area contributed by atoms with Crippen molar-refractivity contribution in [3.63, 3.8) is 0 Å². The number of ether oxygens (including phenoxy) is 4. The van der Waals surface area contributed by atoms with Gasteiger partial charge < -0.3 is 33.8 Å². The number of carbonyl (C=O) groups excluding carboxylic acids is 4. The summed E-state index contributed by atoms with van der Waals surface area (Å²) in [4.78, 5) is 72.9. The van der Waals surface area contributed by atoms with Crippen LogP contribution < -0.4 is 0 Å². The largest absolute Gasteiger partial charge is 0.472 e. The molecule has 0 bridgehead atoms. The molecule has 0 aliphatic carbocycles. The summed E-state index contributed by atoms with van der Waals surface area (Å²) in [6.45, 7) is 4.35. The molecule has 19 heteroatoms. The average molecular weight is 1490 g/mol. The van der Waals surface area contributed by atoms with Crippen LogP contribution in [0, 0.1) is 0 Å². The lowest BCUT2D eigenvalue weighted by molar-refractivity contribution is -0.161. The van der Waals surface area contributed by atoms with Gasteiger partial charge in [0.05, 0.1) is 26.4 Å². The van der Waals surface area contributed by atoms with Gasteiger partial charge in [0.25, 0.3) is 0 Å². The zero-order chi connectivity index (χ0) is 76.0. The lowest BCUT2D eigenvalue weighted by Crippen LogP contribution is -2.30. The van der Waals surface area contributed by atoms with Gasteiger partial charge in [-0.1, -0.05) is 294 Å². The number of phosphoric acid groups is 2. The van der Waals surface area contributed by atoms with Gasteiger partial charge in [-0.3, -0.25) is 37.3 Å². The Balaban J connectivity index is 5.47. The lowest BCUT2D eigenvalue weighted by atomic mass is 10.1. The lowest BCUT2D eigenvalue weighted by Gasteiger charge is -2.21. The van der Waals surface area contributed by atoms with Crippen molar-refractivity contribution >= 4 is 39.5 Å². The molecule has 0 aromatic carbocycles. The molecular formula is C85H138O17P2. The maximum Gasteiger partial charge on any atom is 0.472 e. The van der Waals surface area contributed by atoms with Crippen molar-refractivity contribution in [2.24, 2.45) is 0 Å². The van der Waals surface area contributed by atoms with Crippen LogP contribution in [0.15, 0.2) is 170 Å². The van der Waals surface area contributed by atoms with E-state index in [0.717, 1.165) is 154 Å². The highest BCUT2D eigenvalue weighted by Gasteiger charge is 2.30. The maximum absolute atomic E-state index is 13.1. The minimum atomic E-state index is -5.01. The number of hydrogen-bond donors (Lipinski definition) is 3. The topological polar surface area (TPSA) is 237 Å². The Morgan fingerprint density at radius 1 is 0.279 bits per heavy atom. The summed E-state index contributed by atoms with van der Waals surface area (Å²) in [5.74, 6) is -2.36. The molecule has 104 heavy (non-hydrogen) atoms. The van der Waals surface area contributed by atoms with Crippen LogP contribution in [0.2, 0.25) is 0 Å². The summed E-state index contributed by atoms with van der Waals surface area (Å²) >= 11 is 0. The van der Waals surface area contributed by atoms with Crippen molar-refractivity contribution < 1.29 is 80.2 Å². The first-order valence-corrected chi connectivity index (χ1v) is 42.4. The van der Waals surface area contributed by atoms with Crippen LogP contribution in [0.3, 0.4) is 0 Å². The fourth-order valence-electron chi connectivity index (χ4n) is 9.82. The molecule has 0 aliphatic rings. The molecule has 0 aliphatic heterocycles. The predicted octanol–water partition coefficient (Wildman–Crippen LogP) is 23.0. The highest BCUT2D eigenvalue weighted by atomic mass is 31.2. The van der Waals surface area contributed by atoms with Gasteiger partial charge in [-0.25, -0.2) is 9.13 Å². The van der Waals surface area contributed by atoms with Gasteiger partial charge in [0.1, 0.15) is 19.3 Å². The number of hydrogen-bond acceptors (Lipinski definition) is 15. The van der Waals surface area contributed by atoms with Crippen LogP contribution in [0.4, 0.5) is 0 Å². The highest BCUT2D eigenvalue weighted by Crippen LogP contribution is 2.45. The van der Waals surface area contributed by atoms with E-state index in [4.69, 9.17) is 37.0 Å². The summed E-state index contributed by atoms with van der Waals surface area (Å²) in [5.41, 5.74) is 0. The number of phosphoric ester groups is 2. The molecule has 0 saturated carbocycles. The number of aliphatic hydroxyl groups excluding tert-OH is 1. The van der Waals surface area contributed by atoms with Gasteiger partial charge in [-0.15, -0.1) is 0 Å². The van der Waals surface area contributed by atoms with Gasteiger partial charge in [0, 0.05) is 25.7 Å². The van der Waals surface area contributed by atoms with Gasteiger partial charge in [0.15, 0.2) is 12.2 Å². The van der Waals surface area contributed by atoms with E-state index in [9.17, 15) is 43.2 Å². The number of esters is 4. The third kappa shape index (κ3) is 74.7. The van der Waals surface area contributed by atoms with Crippen molar-refractivity contribution in [2.45, 2.75) is 303 Å². The molecule has 5 unspecified atom stereocenters. The van der Waals surface area contributed by atoms with E-state index < -0.39 is 97.5 Å². The van der Waals surface area contributed by atoms with E-state index in [-0.39, 0.29) is 25.7 Å². The van der Waals surface area contributed by atoms with Crippen LogP contribution >= 0.6 is 15.6 Å². The first kappa shape index (κ1) is 98.4. The van der Waals surface area contributed by atoms with Crippen LogP contribution in [0.25, 0.3) is 0 Å². The number of rotatable bonds is 72. The fourth-order valence-corrected chi connectivity index (χ4v) is 11.4. The van der Waals surface area contributed by atoms with Gasteiger partial charge in [0.2, 0.25) is 0 Å². The quantitative estimate of drug-likeness (QED) is 0.0169. The maximum atomic E-state index is 13.1. The second-order valence-electron chi connectivity index (χ2n) is 25.5. The first-order valence-electron chi connectivity index (χ1n) is 39.4. The first-order chi connectivity index (χ1) is 50.7. The third-order valence-corrected chi connectivity index (χ3v) is 17.6. The molecule has 0 saturated heterocycles. The van der Waals surface area contributed by atoms with Crippen molar-refractivity contribution in [3.05, 3.63) is 170 Å². The summed E-state index contributed by atoms with van der Waals surface area (Å²) in [6, 6.07) is 0. The molecule has 590 valence electrons. The van der Waals surface area contributed by atoms with Crippen molar-refractivity contribution in [2.75, 3.05) is 39.6 Å². The summed E-state index contributed by atoms with van der Waals surface area (Å²) in [6.07, 6.45) is 89.3. The standard InChI is InChI=1S/C85H138O17P2/c1-5-9-13-17-21-25-29-32-35-38-39-42-44-47-51-54-58-62-66-70-83(88)96-76-81(102-85(90)72-68-64-60-56-52-48-45-41-37-34-31-27-23-19-15-11-7-3)78-100-104(93,94)98-74-79(86)73-97-103(91,92)99-77-80(101-84(89)71-67-63-59-55-49-28-24-20-16-12-8-4)75-95-82(87)69-65-61-57-53-50-46-43-40-36-33-30-26-22-18-14-10-6-2/h9-11,13-15,21-23,25-27,32-37,39,42-43,46-47,51,53,57-58,62,79-81,86H,5-8,12,16-20,24,28-31,38,40-41,44-45,48-50,52,54-56,59-61,63-78H2,1-4H3,(H,91,92)(H,93,94)/b13-9-,14-10-,15-11-,25-21-,26-22-,27-23-,35-32-,36-33-,37-34-,42-39-,46-43-,51-47-,57-53-,62-58-. The SMILES string of the molecule is CC/C=C\C/C=C\C/C=C\C/C=C\C/C=C\C/C=C\CCC(=O)OCC(COP(=O)(O)OCC(O)COP(=O)(O)OCC(COC(=O)CCC/C=C\C/C=C\C/C=C\C/C=C\C/C=C\CC)OC(=O)CCCCCCCCCCCCC)OC(=O)CCCCCCCCC/C=C\C/C=C\C/C=C\CC. The van der Waals surface area contributed by atoms with Crippen LogP contribution in [-0.4, -0.2) is 96.7 Å². The van der Waals surface area contributed by atoms with Gasteiger partial charge in [-0.2, -0.15) is 0 Å². The highest BCUT2D eigenvalue weighted by molar-refractivity contribution is 7.47. The number of allylic oxidation sites excluding steroid dienone is 28. The Hall–Kier alpha value is -5.58. The molecule has 0 heterocycles. The van der Waals surface area contributed by atoms with E-state index in [1.165, 1.54) is 38.5 Å². The van der Waals surface area contributed by atoms with E-state index in [1.54, 1.807) is 0 Å². The fraction of sp³-hybridized carbons (Fsp3) is 0.624. The third-order valence-electron chi connectivity index (χ3n) is 15.7.